The van der Waals surface area contributed by atoms with Gasteiger partial charge in [0.25, 0.3) is 0 Å². The number of aromatic nitrogens is 2. The summed E-state index contributed by atoms with van der Waals surface area (Å²) in [7, 11) is 0. The first-order valence-electron chi connectivity index (χ1n) is 8.99. The van der Waals surface area contributed by atoms with E-state index in [-0.39, 0.29) is 0 Å². The Hall–Kier alpha value is -2.66. The van der Waals surface area contributed by atoms with Crippen LogP contribution in [-0.4, -0.2) is 28.5 Å². The molecule has 1 heterocycles. The first kappa shape index (κ1) is 19.1. The SMILES string of the molecule is CCCc1ccc(OCCN(C(=O)Cl)c2ncnc3ccccc23)c(C)c1. The van der Waals surface area contributed by atoms with Gasteiger partial charge in [-0.3, -0.25) is 9.69 Å². The fourth-order valence-corrected chi connectivity index (χ4v) is 3.21. The van der Waals surface area contributed by atoms with E-state index >= 15 is 0 Å². The molecule has 1 aromatic heterocycles. The summed E-state index contributed by atoms with van der Waals surface area (Å²) in [5.41, 5.74) is 3.14. The summed E-state index contributed by atoms with van der Waals surface area (Å²) in [5.74, 6) is 1.29. The maximum Gasteiger partial charge on any atom is 0.322 e. The van der Waals surface area contributed by atoms with Gasteiger partial charge in [0.15, 0.2) is 0 Å². The number of carbonyl (C=O) groups is 1. The average molecular weight is 384 g/mol. The predicted molar refractivity (Wildman–Crippen MR) is 109 cm³/mol. The minimum absolute atomic E-state index is 0.291. The molecule has 1 amide bonds. The largest absolute Gasteiger partial charge is 0.491 e. The third kappa shape index (κ3) is 4.55. The summed E-state index contributed by atoms with van der Waals surface area (Å²) in [4.78, 5) is 21.9. The monoisotopic (exact) mass is 383 g/mol. The molecule has 0 aliphatic rings. The van der Waals surface area contributed by atoms with Gasteiger partial charge in [0.2, 0.25) is 0 Å². The van der Waals surface area contributed by atoms with Crippen LogP contribution in [0.2, 0.25) is 0 Å². The number of amides is 1. The molecule has 0 aliphatic carbocycles. The number of benzene rings is 2. The van der Waals surface area contributed by atoms with E-state index < -0.39 is 5.37 Å². The lowest BCUT2D eigenvalue weighted by Gasteiger charge is -2.20. The fraction of sp³-hybridized carbons (Fsp3) is 0.286. The van der Waals surface area contributed by atoms with E-state index in [0.717, 1.165) is 35.1 Å². The number of nitrogens with zero attached hydrogens (tertiary/aromatic N) is 3. The molecule has 5 nitrogen and oxygen atoms in total. The summed E-state index contributed by atoms with van der Waals surface area (Å²) in [6.07, 6.45) is 3.59. The zero-order valence-electron chi connectivity index (χ0n) is 15.5. The number of para-hydroxylation sites is 1. The lowest BCUT2D eigenvalue weighted by atomic mass is 10.1. The van der Waals surface area contributed by atoms with Gasteiger partial charge in [0.05, 0.1) is 12.1 Å². The summed E-state index contributed by atoms with van der Waals surface area (Å²) >= 11 is 5.82. The Kier molecular flexibility index (Phi) is 6.24. The second-order valence-corrected chi connectivity index (χ2v) is 6.64. The molecule has 0 N–H and O–H groups in total. The summed E-state index contributed by atoms with van der Waals surface area (Å²) in [6.45, 7) is 4.79. The van der Waals surface area contributed by atoms with Crippen LogP contribution < -0.4 is 9.64 Å². The molecule has 0 radical (unpaired) electrons. The molecule has 140 valence electrons. The van der Waals surface area contributed by atoms with Gasteiger partial charge >= 0.3 is 5.37 Å². The quantitative estimate of drug-likeness (QED) is 0.419. The van der Waals surface area contributed by atoms with Crippen LogP contribution >= 0.6 is 11.6 Å². The second kappa shape index (κ2) is 8.82. The van der Waals surface area contributed by atoms with Crippen molar-refractivity contribution in [1.82, 2.24) is 9.97 Å². The van der Waals surface area contributed by atoms with Crippen LogP contribution in [0.3, 0.4) is 0 Å². The highest BCUT2D eigenvalue weighted by atomic mass is 35.5. The van der Waals surface area contributed by atoms with Crippen LogP contribution in [0.15, 0.2) is 48.8 Å². The normalized spacial score (nSPS) is 10.8. The molecule has 6 heteroatoms. The Labute approximate surface area is 164 Å². The van der Waals surface area contributed by atoms with Gasteiger partial charge in [-0.1, -0.05) is 37.6 Å². The standard InChI is InChI=1S/C21H22ClN3O2/c1-3-6-16-9-10-19(15(2)13-16)27-12-11-25(21(22)26)20-17-7-4-5-8-18(17)23-14-24-20/h4-5,7-10,13-14H,3,6,11-12H2,1-2H3. The number of halogens is 1. The van der Waals surface area contributed by atoms with Crippen LogP contribution in [0.4, 0.5) is 10.6 Å². The molecule has 3 rings (SSSR count). The Balaban J connectivity index is 1.73. The fourth-order valence-electron chi connectivity index (χ4n) is 3.05. The predicted octanol–water partition coefficient (Wildman–Crippen LogP) is 5.13. The number of carbonyl (C=O) groups excluding carboxylic acids is 1. The van der Waals surface area contributed by atoms with Crippen molar-refractivity contribution >= 4 is 33.7 Å². The topological polar surface area (TPSA) is 55.3 Å². The number of fused-ring (bicyclic) bond motifs is 1. The number of hydrogen-bond donors (Lipinski definition) is 0. The zero-order chi connectivity index (χ0) is 19.2. The van der Waals surface area contributed by atoms with Crippen molar-refractivity contribution in [2.75, 3.05) is 18.1 Å². The van der Waals surface area contributed by atoms with Crippen molar-refractivity contribution in [2.45, 2.75) is 26.7 Å². The van der Waals surface area contributed by atoms with E-state index in [1.54, 1.807) is 0 Å². The van der Waals surface area contributed by atoms with Crippen molar-refractivity contribution in [1.29, 1.82) is 0 Å². The summed E-state index contributed by atoms with van der Waals surface area (Å²) < 4.78 is 5.89. The smallest absolute Gasteiger partial charge is 0.322 e. The lowest BCUT2D eigenvalue weighted by molar-refractivity contribution is 0.260. The minimum Gasteiger partial charge on any atom is -0.491 e. The highest BCUT2D eigenvalue weighted by molar-refractivity contribution is 6.66. The third-order valence-electron chi connectivity index (χ3n) is 4.34. The maximum atomic E-state index is 12.0. The average Bonchev–Trinajstić information content (AvgIpc) is 2.66. The highest BCUT2D eigenvalue weighted by Crippen LogP contribution is 2.24. The van der Waals surface area contributed by atoms with Gasteiger partial charge in [-0.25, -0.2) is 9.97 Å². The van der Waals surface area contributed by atoms with E-state index in [1.807, 2.05) is 37.3 Å². The molecule has 2 aromatic carbocycles. The third-order valence-corrected chi connectivity index (χ3v) is 4.54. The number of aryl methyl sites for hydroxylation is 2. The van der Waals surface area contributed by atoms with Gasteiger partial charge in [0, 0.05) is 5.39 Å². The summed E-state index contributed by atoms with van der Waals surface area (Å²) in [6, 6.07) is 13.7. The van der Waals surface area contributed by atoms with E-state index in [2.05, 4.69) is 29.0 Å². The number of rotatable bonds is 7. The summed E-state index contributed by atoms with van der Waals surface area (Å²) in [5, 5.41) is 0.173. The Bertz CT molecular complexity index is 940. The van der Waals surface area contributed by atoms with Crippen molar-refractivity contribution in [3.63, 3.8) is 0 Å². The molecule has 0 unspecified atom stereocenters. The lowest BCUT2D eigenvalue weighted by Crippen LogP contribution is -2.31. The molecule has 0 spiro atoms. The van der Waals surface area contributed by atoms with Crippen molar-refractivity contribution in [3.05, 3.63) is 59.9 Å². The van der Waals surface area contributed by atoms with Gasteiger partial charge in [-0.15, -0.1) is 0 Å². The van der Waals surface area contributed by atoms with Gasteiger partial charge in [0.1, 0.15) is 24.5 Å². The molecule has 0 aliphatic heterocycles. The molecular weight excluding hydrogens is 362 g/mol. The van der Waals surface area contributed by atoms with E-state index in [4.69, 9.17) is 16.3 Å². The van der Waals surface area contributed by atoms with Gasteiger partial charge in [-0.2, -0.15) is 0 Å². The number of anilines is 1. The molecule has 27 heavy (non-hydrogen) atoms. The maximum absolute atomic E-state index is 12.0. The van der Waals surface area contributed by atoms with E-state index in [9.17, 15) is 4.79 Å². The molecule has 0 fully saturated rings. The second-order valence-electron chi connectivity index (χ2n) is 6.32. The number of hydrogen-bond acceptors (Lipinski definition) is 4. The Morgan fingerprint density at radius 3 is 2.74 bits per heavy atom. The van der Waals surface area contributed by atoms with Gasteiger partial charge < -0.3 is 4.74 Å². The van der Waals surface area contributed by atoms with Crippen molar-refractivity contribution in [2.24, 2.45) is 0 Å². The van der Waals surface area contributed by atoms with Crippen LogP contribution in [0.5, 0.6) is 5.75 Å². The van der Waals surface area contributed by atoms with Crippen LogP contribution in [0.1, 0.15) is 24.5 Å². The molecular formula is C21H22ClN3O2. The first-order chi connectivity index (χ1) is 13.1. The molecule has 0 saturated carbocycles. The zero-order valence-corrected chi connectivity index (χ0v) is 16.2. The number of ether oxygens (including phenoxy) is 1. The Morgan fingerprint density at radius 1 is 1.19 bits per heavy atom. The van der Waals surface area contributed by atoms with Crippen LogP contribution in [0, 0.1) is 6.92 Å². The molecule has 0 saturated heterocycles. The molecule has 0 atom stereocenters. The Morgan fingerprint density at radius 2 is 2.00 bits per heavy atom. The molecule has 3 aromatic rings. The van der Waals surface area contributed by atoms with E-state index in [1.165, 1.54) is 16.8 Å². The highest BCUT2D eigenvalue weighted by Gasteiger charge is 2.18. The molecule has 0 bridgehead atoms. The first-order valence-corrected chi connectivity index (χ1v) is 9.37. The van der Waals surface area contributed by atoms with Gasteiger partial charge in [-0.05, 0) is 54.3 Å². The van der Waals surface area contributed by atoms with Crippen molar-refractivity contribution < 1.29 is 9.53 Å². The minimum atomic E-state index is -0.600. The van der Waals surface area contributed by atoms with Crippen LogP contribution in [-0.2, 0) is 6.42 Å². The van der Waals surface area contributed by atoms with E-state index in [0.29, 0.717) is 19.0 Å². The van der Waals surface area contributed by atoms with Crippen LogP contribution in [0.25, 0.3) is 10.9 Å². The van der Waals surface area contributed by atoms with Crippen molar-refractivity contribution in [3.8, 4) is 5.75 Å².